The molecule has 0 saturated heterocycles. The molecule has 0 amide bonds. The monoisotopic (exact) mass is 306 g/mol. The molecule has 0 N–H and O–H groups in total. The van der Waals surface area contributed by atoms with E-state index in [2.05, 4.69) is 60.4 Å². The highest BCUT2D eigenvalue weighted by atomic mass is 16.5. The van der Waals surface area contributed by atoms with Crippen molar-refractivity contribution in [3.8, 4) is 0 Å². The van der Waals surface area contributed by atoms with Crippen LogP contribution in [0, 0.1) is 6.92 Å². The van der Waals surface area contributed by atoms with E-state index in [-0.39, 0.29) is 6.10 Å². The van der Waals surface area contributed by atoms with Crippen LogP contribution in [0.3, 0.4) is 0 Å². The smallest absolute Gasteiger partial charge is 0.110 e. The lowest BCUT2D eigenvalue weighted by atomic mass is 9.97. The van der Waals surface area contributed by atoms with Crippen LogP contribution in [-0.2, 0) is 18.2 Å². The maximum absolute atomic E-state index is 6.27. The van der Waals surface area contributed by atoms with Gasteiger partial charge in [-0.15, -0.1) is 0 Å². The van der Waals surface area contributed by atoms with Gasteiger partial charge in [-0.25, -0.2) is 4.98 Å². The molecule has 23 heavy (non-hydrogen) atoms. The summed E-state index contributed by atoms with van der Waals surface area (Å²) >= 11 is 0. The largest absolute Gasteiger partial charge is 0.368 e. The minimum Gasteiger partial charge on any atom is -0.368 e. The normalized spacial score (nSPS) is 12.3. The van der Waals surface area contributed by atoms with Crippen LogP contribution in [-0.4, -0.2) is 16.2 Å². The van der Waals surface area contributed by atoms with Crippen molar-refractivity contribution < 1.29 is 4.74 Å². The first-order chi connectivity index (χ1) is 11.3. The molecule has 0 bridgehead atoms. The van der Waals surface area contributed by atoms with Crippen molar-refractivity contribution in [2.75, 3.05) is 6.61 Å². The van der Waals surface area contributed by atoms with Gasteiger partial charge in [-0.3, -0.25) is 0 Å². The Balaban J connectivity index is 1.79. The van der Waals surface area contributed by atoms with Gasteiger partial charge in [0.25, 0.3) is 0 Å². The number of benzene rings is 2. The van der Waals surface area contributed by atoms with Gasteiger partial charge in [-0.2, -0.15) is 0 Å². The van der Waals surface area contributed by atoms with Gasteiger partial charge in [-0.05, 0) is 23.6 Å². The molecular formula is C20H22N2O. The lowest BCUT2D eigenvalue weighted by molar-refractivity contribution is 0.0809. The second-order valence-corrected chi connectivity index (χ2v) is 5.72. The highest BCUT2D eigenvalue weighted by Crippen LogP contribution is 2.28. The zero-order valence-corrected chi connectivity index (χ0v) is 13.6. The van der Waals surface area contributed by atoms with Gasteiger partial charge < -0.3 is 9.30 Å². The van der Waals surface area contributed by atoms with Crippen LogP contribution in [0.1, 0.15) is 28.6 Å². The Kier molecular flexibility index (Phi) is 4.89. The average Bonchev–Trinajstić information content (AvgIpc) is 2.99. The zero-order valence-electron chi connectivity index (χ0n) is 13.6. The predicted molar refractivity (Wildman–Crippen MR) is 92.3 cm³/mol. The van der Waals surface area contributed by atoms with Gasteiger partial charge in [0.15, 0.2) is 0 Å². The first-order valence-electron chi connectivity index (χ1n) is 7.94. The van der Waals surface area contributed by atoms with E-state index in [1.807, 2.05) is 30.1 Å². The maximum atomic E-state index is 6.27. The molecule has 1 atom stereocenters. The van der Waals surface area contributed by atoms with Crippen molar-refractivity contribution in [2.45, 2.75) is 19.4 Å². The highest BCUT2D eigenvalue weighted by molar-refractivity contribution is 5.35. The van der Waals surface area contributed by atoms with Crippen LogP contribution >= 0.6 is 0 Å². The molecule has 1 aromatic heterocycles. The Morgan fingerprint density at radius 2 is 1.78 bits per heavy atom. The molecule has 118 valence electrons. The molecule has 3 heteroatoms. The van der Waals surface area contributed by atoms with E-state index in [0.717, 1.165) is 12.2 Å². The van der Waals surface area contributed by atoms with Crippen molar-refractivity contribution >= 4 is 0 Å². The fourth-order valence-corrected chi connectivity index (χ4v) is 2.78. The van der Waals surface area contributed by atoms with Gasteiger partial charge in [0.2, 0.25) is 0 Å². The average molecular weight is 306 g/mol. The number of hydrogen-bond donors (Lipinski definition) is 0. The summed E-state index contributed by atoms with van der Waals surface area (Å²) in [5.41, 5.74) is 3.65. The molecule has 0 aliphatic carbocycles. The molecule has 3 aromatic rings. The quantitative estimate of drug-likeness (QED) is 0.686. The summed E-state index contributed by atoms with van der Waals surface area (Å²) in [7, 11) is 2.01. The Bertz CT molecular complexity index is 749. The number of aromatic nitrogens is 2. The van der Waals surface area contributed by atoms with E-state index >= 15 is 0 Å². The Morgan fingerprint density at radius 1 is 1.04 bits per heavy atom. The minimum atomic E-state index is -0.0438. The van der Waals surface area contributed by atoms with Crippen molar-refractivity contribution in [3.63, 3.8) is 0 Å². The van der Waals surface area contributed by atoms with Gasteiger partial charge in [0.1, 0.15) is 11.9 Å². The number of imidazole rings is 1. The molecule has 0 spiro atoms. The third-order valence-electron chi connectivity index (χ3n) is 4.10. The number of aryl methyl sites for hydroxylation is 2. The number of rotatable bonds is 6. The van der Waals surface area contributed by atoms with Crippen LogP contribution in [0.2, 0.25) is 0 Å². The van der Waals surface area contributed by atoms with Crippen molar-refractivity contribution in [3.05, 3.63) is 89.5 Å². The van der Waals surface area contributed by atoms with E-state index in [9.17, 15) is 0 Å². The van der Waals surface area contributed by atoms with Crippen molar-refractivity contribution in [1.29, 1.82) is 0 Å². The summed E-state index contributed by atoms with van der Waals surface area (Å²) in [6.07, 6.45) is 4.55. The first-order valence-corrected chi connectivity index (χ1v) is 7.94. The molecule has 0 aliphatic rings. The maximum Gasteiger partial charge on any atom is 0.110 e. The summed E-state index contributed by atoms with van der Waals surface area (Å²) in [5, 5.41) is 0. The molecular weight excluding hydrogens is 284 g/mol. The molecule has 1 unspecified atom stereocenters. The molecule has 2 aromatic carbocycles. The van der Waals surface area contributed by atoms with Crippen molar-refractivity contribution in [2.24, 2.45) is 7.05 Å². The number of hydrogen-bond acceptors (Lipinski definition) is 2. The van der Waals surface area contributed by atoms with E-state index in [0.29, 0.717) is 6.61 Å². The second-order valence-electron chi connectivity index (χ2n) is 5.72. The minimum absolute atomic E-state index is 0.0438. The van der Waals surface area contributed by atoms with Gasteiger partial charge >= 0.3 is 0 Å². The fourth-order valence-electron chi connectivity index (χ4n) is 2.78. The van der Waals surface area contributed by atoms with E-state index in [1.165, 1.54) is 16.7 Å². The second kappa shape index (κ2) is 7.25. The van der Waals surface area contributed by atoms with Crippen LogP contribution in [0.4, 0.5) is 0 Å². The van der Waals surface area contributed by atoms with Crippen LogP contribution < -0.4 is 0 Å². The summed E-state index contributed by atoms with van der Waals surface area (Å²) < 4.78 is 8.31. The summed E-state index contributed by atoms with van der Waals surface area (Å²) in [6.45, 7) is 2.77. The third kappa shape index (κ3) is 3.69. The van der Waals surface area contributed by atoms with E-state index < -0.39 is 0 Å². The lowest BCUT2D eigenvalue weighted by Gasteiger charge is -2.21. The van der Waals surface area contributed by atoms with Crippen LogP contribution in [0.15, 0.2) is 67.0 Å². The van der Waals surface area contributed by atoms with Gasteiger partial charge in [0.05, 0.1) is 6.61 Å². The van der Waals surface area contributed by atoms with Gasteiger partial charge in [0, 0.05) is 25.9 Å². The predicted octanol–water partition coefficient (Wildman–Crippen LogP) is 4.08. The molecule has 0 radical (unpaired) electrons. The van der Waals surface area contributed by atoms with E-state index in [4.69, 9.17) is 4.74 Å². The zero-order chi connectivity index (χ0) is 16.1. The number of ether oxygens (including phenoxy) is 1. The van der Waals surface area contributed by atoms with Crippen LogP contribution in [0.5, 0.6) is 0 Å². The molecule has 3 nitrogen and oxygen atoms in total. The third-order valence-corrected chi connectivity index (χ3v) is 4.10. The molecule has 1 heterocycles. The van der Waals surface area contributed by atoms with Gasteiger partial charge in [-0.1, -0.05) is 54.6 Å². The Labute approximate surface area is 137 Å². The number of nitrogens with zero attached hydrogens (tertiary/aromatic N) is 2. The Hall–Kier alpha value is -2.39. The topological polar surface area (TPSA) is 27.1 Å². The summed E-state index contributed by atoms with van der Waals surface area (Å²) in [4.78, 5) is 4.36. The van der Waals surface area contributed by atoms with Crippen LogP contribution in [0.25, 0.3) is 0 Å². The lowest BCUT2D eigenvalue weighted by Crippen LogP contribution is -2.11. The molecule has 3 rings (SSSR count). The first kappa shape index (κ1) is 15.5. The summed E-state index contributed by atoms with van der Waals surface area (Å²) in [5.74, 6) is 1.04. The highest BCUT2D eigenvalue weighted by Gasteiger charge is 2.16. The molecule has 0 aliphatic heterocycles. The van der Waals surface area contributed by atoms with E-state index in [1.54, 1.807) is 0 Å². The molecule has 0 fully saturated rings. The summed E-state index contributed by atoms with van der Waals surface area (Å²) in [6, 6.07) is 18.8. The SMILES string of the molecule is Cc1ccccc1C(OCCc1nccn1C)c1ccccc1. The fraction of sp³-hybridized carbons (Fsp3) is 0.250. The van der Waals surface area contributed by atoms with Crippen molar-refractivity contribution in [1.82, 2.24) is 9.55 Å². The molecule has 0 saturated carbocycles. The Morgan fingerprint density at radius 3 is 2.48 bits per heavy atom. The standard InChI is InChI=1S/C20H22N2O/c1-16-8-6-7-11-18(16)20(17-9-4-3-5-10-17)23-15-12-19-21-13-14-22(19)2/h3-11,13-14,20H,12,15H2,1-2H3.